The zero-order valence-corrected chi connectivity index (χ0v) is 11.1. The van der Waals surface area contributed by atoms with Crippen molar-refractivity contribution in [2.24, 2.45) is 21.7 Å². The van der Waals surface area contributed by atoms with Gasteiger partial charge < -0.3 is 20.9 Å². The Morgan fingerprint density at radius 1 is 1.24 bits per heavy atom. The summed E-state index contributed by atoms with van der Waals surface area (Å²) >= 11 is 3.37. The summed E-state index contributed by atoms with van der Waals surface area (Å²) < 4.78 is 11.1. The van der Waals surface area contributed by atoms with E-state index < -0.39 is 0 Å². The van der Waals surface area contributed by atoms with Crippen molar-refractivity contribution in [1.29, 1.82) is 0 Å². The minimum Gasteiger partial charge on any atom is -0.495 e. The number of hydrogen-bond acceptors (Lipinski definition) is 4. The predicted molar refractivity (Wildman–Crippen MR) is 70.6 cm³/mol. The summed E-state index contributed by atoms with van der Waals surface area (Å²) in [7, 11) is 3.13. The number of nitrogens with zero attached hydrogens (tertiary/aromatic N) is 2. The molecule has 4 N–H and O–H groups in total. The van der Waals surface area contributed by atoms with Gasteiger partial charge in [0, 0.05) is 5.56 Å². The molecule has 1 aromatic carbocycles. The van der Waals surface area contributed by atoms with Crippen LogP contribution >= 0.6 is 15.9 Å². The Kier molecular flexibility index (Phi) is 4.77. The predicted octanol–water partition coefficient (Wildman–Crippen LogP) is 1.07. The van der Waals surface area contributed by atoms with Gasteiger partial charge in [-0.1, -0.05) is 0 Å². The molecule has 0 heterocycles. The molecule has 0 aliphatic heterocycles. The number of rotatable bonds is 4. The van der Waals surface area contributed by atoms with E-state index in [1.54, 1.807) is 26.4 Å². The number of methoxy groups -OCH3 is 2. The number of hydrogen-bond donors (Lipinski definition) is 2. The highest BCUT2D eigenvalue weighted by Crippen LogP contribution is 2.35. The molecule has 6 nitrogen and oxygen atoms in total. The van der Waals surface area contributed by atoms with Crippen molar-refractivity contribution in [3.05, 3.63) is 22.2 Å². The average Bonchev–Trinajstić information content (AvgIpc) is 2.30. The summed E-state index contributed by atoms with van der Waals surface area (Å²) in [6, 6.07) is 3.55. The second-order valence-corrected chi connectivity index (χ2v) is 3.80. The lowest BCUT2D eigenvalue weighted by atomic mass is 10.2. The topological polar surface area (TPSA) is 95.2 Å². The third-order valence-electron chi connectivity index (χ3n) is 1.85. The molecule has 0 bridgehead atoms. The molecule has 7 heteroatoms. The Morgan fingerprint density at radius 3 is 2.18 bits per heavy atom. The van der Waals surface area contributed by atoms with Gasteiger partial charge in [0.2, 0.25) is 5.96 Å². The van der Waals surface area contributed by atoms with Gasteiger partial charge in [0.25, 0.3) is 0 Å². The number of nitrogens with two attached hydrogens (primary N) is 2. The van der Waals surface area contributed by atoms with E-state index in [1.165, 1.54) is 6.21 Å². The van der Waals surface area contributed by atoms with Crippen LogP contribution in [-0.4, -0.2) is 26.4 Å². The lowest BCUT2D eigenvalue weighted by Gasteiger charge is -2.09. The average molecular weight is 301 g/mol. The van der Waals surface area contributed by atoms with Crippen molar-refractivity contribution in [2.45, 2.75) is 0 Å². The lowest BCUT2D eigenvalue weighted by Crippen LogP contribution is -2.21. The molecule has 1 aromatic rings. The summed E-state index contributed by atoms with van der Waals surface area (Å²) in [5, 5.41) is 7.21. The highest BCUT2D eigenvalue weighted by molar-refractivity contribution is 9.10. The Morgan fingerprint density at radius 2 is 1.76 bits per heavy atom. The molecular formula is C10H13BrN4O2. The molecule has 0 radical (unpaired) electrons. The number of benzene rings is 1. The Balaban J connectivity index is 3.09. The van der Waals surface area contributed by atoms with Gasteiger partial charge in [0.1, 0.15) is 16.0 Å². The fraction of sp³-hybridized carbons (Fsp3) is 0.200. The van der Waals surface area contributed by atoms with E-state index in [0.717, 1.165) is 10.0 Å². The van der Waals surface area contributed by atoms with Gasteiger partial charge >= 0.3 is 0 Å². The van der Waals surface area contributed by atoms with Gasteiger partial charge in [-0.3, -0.25) is 0 Å². The first-order valence-electron chi connectivity index (χ1n) is 4.62. The van der Waals surface area contributed by atoms with E-state index in [-0.39, 0.29) is 5.96 Å². The molecule has 0 saturated carbocycles. The molecule has 0 aromatic heterocycles. The Labute approximate surface area is 107 Å². The van der Waals surface area contributed by atoms with Crippen molar-refractivity contribution in [2.75, 3.05) is 14.2 Å². The van der Waals surface area contributed by atoms with Gasteiger partial charge in [0.15, 0.2) is 0 Å². The lowest BCUT2D eigenvalue weighted by molar-refractivity contribution is 0.389. The van der Waals surface area contributed by atoms with Gasteiger partial charge in [-0.2, -0.15) is 5.10 Å². The molecule has 17 heavy (non-hydrogen) atoms. The summed E-state index contributed by atoms with van der Waals surface area (Å²) in [5.41, 5.74) is 11.1. The van der Waals surface area contributed by atoms with E-state index >= 15 is 0 Å². The molecule has 0 unspecified atom stereocenters. The van der Waals surface area contributed by atoms with Crippen LogP contribution in [-0.2, 0) is 0 Å². The standard InChI is InChI=1S/C10H13BrN4O2/c1-16-7-3-6(5-14-15-10(12)13)4-8(17-2)9(7)11/h3-5H,1-2H3,(H4,12,13,15). The minimum absolute atomic E-state index is 0.0997. The largest absolute Gasteiger partial charge is 0.495 e. The normalized spacial score (nSPS) is 10.3. The zero-order valence-electron chi connectivity index (χ0n) is 9.48. The van der Waals surface area contributed by atoms with Crippen molar-refractivity contribution in [1.82, 2.24) is 0 Å². The Bertz CT molecular complexity index is 431. The molecule has 0 atom stereocenters. The first-order chi connectivity index (χ1) is 8.08. The van der Waals surface area contributed by atoms with Crippen LogP contribution in [0, 0.1) is 0 Å². The van der Waals surface area contributed by atoms with Crippen LogP contribution in [0.25, 0.3) is 0 Å². The fourth-order valence-electron chi connectivity index (χ4n) is 1.13. The molecule has 1 rings (SSSR count). The fourth-order valence-corrected chi connectivity index (χ4v) is 1.68. The van der Waals surface area contributed by atoms with Gasteiger partial charge in [-0.15, -0.1) is 5.10 Å². The van der Waals surface area contributed by atoms with Crippen LogP contribution < -0.4 is 20.9 Å². The van der Waals surface area contributed by atoms with Gasteiger partial charge in [0.05, 0.1) is 20.4 Å². The maximum absolute atomic E-state index is 5.18. The van der Waals surface area contributed by atoms with Crippen molar-refractivity contribution in [3.63, 3.8) is 0 Å². The summed E-state index contributed by atoms with van der Waals surface area (Å²) in [6.45, 7) is 0. The summed E-state index contributed by atoms with van der Waals surface area (Å²) in [6.07, 6.45) is 1.50. The zero-order chi connectivity index (χ0) is 12.8. The number of halogens is 1. The van der Waals surface area contributed by atoms with E-state index in [0.29, 0.717) is 11.5 Å². The molecule has 0 fully saturated rings. The van der Waals surface area contributed by atoms with Crippen molar-refractivity contribution in [3.8, 4) is 11.5 Å². The number of ether oxygens (including phenoxy) is 2. The van der Waals surface area contributed by atoms with Crippen LogP contribution in [0.5, 0.6) is 11.5 Å². The monoisotopic (exact) mass is 300 g/mol. The maximum Gasteiger partial charge on any atom is 0.211 e. The second-order valence-electron chi connectivity index (χ2n) is 3.01. The first-order valence-corrected chi connectivity index (χ1v) is 5.41. The van der Waals surface area contributed by atoms with Crippen LogP contribution in [0.2, 0.25) is 0 Å². The third kappa shape index (κ3) is 3.63. The van der Waals surface area contributed by atoms with E-state index in [4.69, 9.17) is 20.9 Å². The minimum atomic E-state index is -0.0997. The molecule has 92 valence electrons. The molecule has 0 spiro atoms. The molecule has 0 saturated heterocycles. The van der Waals surface area contributed by atoms with E-state index in [2.05, 4.69) is 26.1 Å². The summed E-state index contributed by atoms with van der Waals surface area (Å²) in [5.74, 6) is 1.17. The highest BCUT2D eigenvalue weighted by atomic mass is 79.9. The SMILES string of the molecule is COc1cc(C=NN=C(N)N)cc(OC)c1Br. The van der Waals surface area contributed by atoms with Crippen LogP contribution in [0.3, 0.4) is 0 Å². The van der Waals surface area contributed by atoms with Crippen LogP contribution in [0.4, 0.5) is 0 Å². The van der Waals surface area contributed by atoms with Crippen LogP contribution in [0.1, 0.15) is 5.56 Å². The second kappa shape index (κ2) is 6.09. The van der Waals surface area contributed by atoms with E-state index in [9.17, 15) is 0 Å². The quantitative estimate of drug-likeness (QED) is 0.494. The van der Waals surface area contributed by atoms with Crippen molar-refractivity contribution < 1.29 is 9.47 Å². The molecular weight excluding hydrogens is 288 g/mol. The van der Waals surface area contributed by atoms with Crippen LogP contribution in [0.15, 0.2) is 26.8 Å². The van der Waals surface area contributed by atoms with E-state index in [1.807, 2.05) is 0 Å². The number of guanidine groups is 1. The van der Waals surface area contributed by atoms with Gasteiger partial charge in [-0.25, -0.2) is 0 Å². The first kappa shape index (κ1) is 13.3. The smallest absolute Gasteiger partial charge is 0.211 e. The molecule has 0 amide bonds. The molecule has 0 aliphatic rings. The Hall–Kier alpha value is -1.76. The van der Waals surface area contributed by atoms with Gasteiger partial charge in [-0.05, 0) is 28.1 Å². The summed E-state index contributed by atoms with van der Waals surface area (Å²) in [4.78, 5) is 0. The highest BCUT2D eigenvalue weighted by Gasteiger charge is 2.08. The maximum atomic E-state index is 5.18. The third-order valence-corrected chi connectivity index (χ3v) is 2.63. The molecule has 0 aliphatic carbocycles. The van der Waals surface area contributed by atoms with Crippen molar-refractivity contribution >= 4 is 28.1 Å².